The maximum atomic E-state index is 4.97. The molecule has 0 spiro atoms. The second-order valence-corrected chi connectivity index (χ2v) is 7.68. The van der Waals surface area contributed by atoms with E-state index in [1.165, 1.54) is 44.3 Å². The summed E-state index contributed by atoms with van der Waals surface area (Å²) in [6, 6.07) is 24.5. The van der Waals surface area contributed by atoms with E-state index in [4.69, 9.17) is 4.99 Å². The molecule has 1 aromatic heterocycles. The summed E-state index contributed by atoms with van der Waals surface area (Å²) in [4.78, 5) is 4.97. The molecular formula is C24H21N3. The van der Waals surface area contributed by atoms with Crippen molar-refractivity contribution < 1.29 is 0 Å². The summed E-state index contributed by atoms with van der Waals surface area (Å²) in [5.41, 5.74) is 7.72. The lowest BCUT2D eigenvalue weighted by Crippen LogP contribution is -2.35. The Hall–Kier alpha value is -3.07. The molecule has 0 radical (unpaired) electrons. The lowest BCUT2D eigenvalue weighted by Gasteiger charge is -2.26. The third-order valence-corrected chi connectivity index (χ3v) is 6.30. The van der Waals surface area contributed by atoms with E-state index in [9.17, 15) is 0 Å². The molecule has 0 amide bonds. The standard InChI is InChI=1S/C24H21N3/c1-27-21-9-5-3-7-17(21)19-14-15(10-11-22(19)27)23-24-18(12-13-25-23)16-6-2-4-8-20(16)26-24/h2-11,14,18,24,26H,12-13H2,1H3. The number of para-hydroxylation sites is 2. The highest BCUT2D eigenvalue weighted by atomic mass is 15.0. The highest BCUT2D eigenvalue weighted by Crippen LogP contribution is 2.41. The van der Waals surface area contributed by atoms with Gasteiger partial charge in [0.2, 0.25) is 0 Å². The molecule has 2 aliphatic rings. The number of aliphatic imine (C=N–C) groups is 1. The van der Waals surface area contributed by atoms with Crippen molar-refractivity contribution in [2.24, 2.45) is 12.0 Å². The Kier molecular flexibility index (Phi) is 3.04. The fourth-order valence-corrected chi connectivity index (χ4v) is 5.00. The predicted octanol–water partition coefficient (Wildman–Crippen LogP) is 5.10. The van der Waals surface area contributed by atoms with E-state index in [2.05, 4.69) is 83.7 Å². The van der Waals surface area contributed by atoms with Crippen molar-refractivity contribution >= 4 is 33.2 Å². The number of rotatable bonds is 1. The molecule has 27 heavy (non-hydrogen) atoms. The first-order valence-corrected chi connectivity index (χ1v) is 9.68. The normalized spacial score (nSPS) is 21.0. The summed E-state index contributed by atoms with van der Waals surface area (Å²) >= 11 is 0. The predicted molar refractivity (Wildman–Crippen MR) is 113 cm³/mol. The van der Waals surface area contributed by atoms with Crippen LogP contribution in [0.15, 0.2) is 71.7 Å². The molecule has 2 atom stereocenters. The van der Waals surface area contributed by atoms with Crippen LogP contribution in [0, 0.1) is 0 Å². The lowest BCUT2D eigenvalue weighted by molar-refractivity contribution is 0.614. The summed E-state index contributed by atoms with van der Waals surface area (Å²) in [6.07, 6.45) is 1.12. The largest absolute Gasteiger partial charge is 0.376 e. The molecule has 0 saturated carbocycles. The van der Waals surface area contributed by atoms with Gasteiger partial charge in [0.15, 0.2) is 0 Å². The minimum atomic E-state index is 0.281. The number of nitrogens with one attached hydrogen (secondary N) is 1. The van der Waals surface area contributed by atoms with Crippen molar-refractivity contribution in [2.45, 2.75) is 18.4 Å². The van der Waals surface area contributed by atoms with Gasteiger partial charge in [0.1, 0.15) is 0 Å². The minimum absolute atomic E-state index is 0.281. The zero-order valence-corrected chi connectivity index (χ0v) is 15.3. The summed E-state index contributed by atoms with van der Waals surface area (Å²) in [7, 11) is 2.15. The van der Waals surface area contributed by atoms with E-state index in [1.54, 1.807) is 0 Å². The third kappa shape index (κ3) is 2.05. The summed E-state index contributed by atoms with van der Waals surface area (Å²) < 4.78 is 2.28. The zero-order chi connectivity index (χ0) is 18.0. The first-order chi connectivity index (χ1) is 13.3. The summed E-state index contributed by atoms with van der Waals surface area (Å²) in [6.45, 7) is 0.903. The molecule has 3 heterocycles. The molecule has 1 N–H and O–H groups in total. The molecule has 2 aliphatic heterocycles. The maximum absolute atomic E-state index is 4.97. The molecule has 3 nitrogen and oxygen atoms in total. The maximum Gasteiger partial charge on any atom is 0.0756 e. The molecule has 0 bridgehead atoms. The van der Waals surface area contributed by atoms with Gasteiger partial charge >= 0.3 is 0 Å². The van der Waals surface area contributed by atoms with Crippen molar-refractivity contribution in [2.75, 3.05) is 11.9 Å². The number of fused-ring (bicyclic) bond motifs is 6. The molecule has 6 rings (SSSR count). The average Bonchev–Trinajstić information content (AvgIpc) is 3.24. The van der Waals surface area contributed by atoms with Gasteiger partial charge in [-0.25, -0.2) is 0 Å². The van der Waals surface area contributed by atoms with Crippen LogP contribution in [-0.2, 0) is 7.05 Å². The summed E-state index contributed by atoms with van der Waals surface area (Å²) in [5.74, 6) is 0.525. The van der Waals surface area contributed by atoms with Gasteiger partial charge in [-0.1, -0.05) is 42.5 Å². The van der Waals surface area contributed by atoms with Crippen LogP contribution in [0.2, 0.25) is 0 Å². The molecule has 132 valence electrons. The Morgan fingerprint density at radius 2 is 1.74 bits per heavy atom. The Morgan fingerprint density at radius 3 is 2.70 bits per heavy atom. The SMILES string of the molecule is Cn1c2ccccc2c2cc(C3=NCCC4c5ccccc5NC34)ccc21. The van der Waals surface area contributed by atoms with Crippen LogP contribution in [0.5, 0.6) is 0 Å². The molecule has 3 heteroatoms. The Bertz CT molecular complexity index is 1230. The van der Waals surface area contributed by atoms with Crippen molar-refractivity contribution in [3.05, 3.63) is 77.9 Å². The number of nitrogens with zero attached hydrogens (tertiary/aromatic N) is 2. The number of aromatic nitrogens is 1. The monoisotopic (exact) mass is 351 g/mol. The van der Waals surface area contributed by atoms with Crippen LogP contribution in [0.3, 0.4) is 0 Å². The molecular weight excluding hydrogens is 330 g/mol. The van der Waals surface area contributed by atoms with E-state index in [-0.39, 0.29) is 6.04 Å². The van der Waals surface area contributed by atoms with Crippen molar-refractivity contribution in [3.8, 4) is 0 Å². The smallest absolute Gasteiger partial charge is 0.0756 e. The number of hydrogen-bond donors (Lipinski definition) is 1. The van der Waals surface area contributed by atoms with Crippen LogP contribution >= 0.6 is 0 Å². The van der Waals surface area contributed by atoms with E-state index >= 15 is 0 Å². The molecule has 0 fully saturated rings. The minimum Gasteiger partial charge on any atom is -0.376 e. The zero-order valence-electron chi connectivity index (χ0n) is 15.3. The second-order valence-electron chi connectivity index (χ2n) is 7.68. The highest BCUT2D eigenvalue weighted by molar-refractivity contribution is 6.14. The molecule has 4 aromatic rings. The second kappa shape index (κ2) is 5.46. The summed E-state index contributed by atoms with van der Waals surface area (Å²) in [5, 5.41) is 6.36. The van der Waals surface area contributed by atoms with E-state index < -0.39 is 0 Å². The van der Waals surface area contributed by atoms with Gasteiger partial charge in [0.25, 0.3) is 0 Å². The Morgan fingerprint density at radius 1 is 0.926 bits per heavy atom. The molecule has 0 saturated heterocycles. The number of anilines is 1. The average molecular weight is 351 g/mol. The van der Waals surface area contributed by atoms with Crippen molar-refractivity contribution in [1.82, 2.24) is 4.57 Å². The Balaban J connectivity index is 1.50. The van der Waals surface area contributed by atoms with Gasteiger partial charge in [-0.3, -0.25) is 4.99 Å². The van der Waals surface area contributed by atoms with E-state index in [1.807, 2.05) is 0 Å². The van der Waals surface area contributed by atoms with Crippen LogP contribution in [0.25, 0.3) is 21.8 Å². The van der Waals surface area contributed by atoms with Gasteiger partial charge in [-0.2, -0.15) is 0 Å². The first kappa shape index (κ1) is 15.0. The first-order valence-electron chi connectivity index (χ1n) is 9.68. The van der Waals surface area contributed by atoms with Crippen LogP contribution in [0.1, 0.15) is 23.5 Å². The van der Waals surface area contributed by atoms with E-state index in [0.717, 1.165) is 13.0 Å². The van der Waals surface area contributed by atoms with Gasteiger partial charge < -0.3 is 9.88 Å². The van der Waals surface area contributed by atoms with Gasteiger partial charge in [-0.15, -0.1) is 0 Å². The van der Waals surface area contributed by atoms with Gasteiger partial charge in [0, 0.05) is 47.0 Å². The van der Waals surface area contributed by atoms with E-state index in [0.29, 0.717) is 5.92 Å². The number of aryl methyl sites for hydroxylation is 1. The van der Waals surface area contributed by atoms with Crippen molar-refractivity contribution in [3.63, 3.8) is 0 Å². The van der Waals surface area contributed by atoms with Crippen LogP contribution < -0.4 is 5.32 Å². The van der Waals surface area contributed by atoms with Crippen LogP contribution in [-0.4, -0.2) is 22.9 Å². The fourth-order valence-electron chi connectivity index (χ4n) is 5.00. The van der Waals surface area contributed by atoms with Gasteiger partial charge in [-0.05, 0) is 41.8 Å². The quantitative estimate of drug-likeness (QED) is 0.508. The highest BCUT2D eigenvalue weighted by Gasteiger charge is 2.37. The van der Waals surface area contributed by atoms with Crippen LogP contribution in [0.4, 0.5) is 5.69 Å². The molecule has 0 aliphatic carbocycles. The molecule has 2 unspecified atom stereocenters. The Labute approximate surface area is 158 Å². The number of benzene rings is 3. The van der Waals surface area contributed by atoms with Gasteiger partial charge in [0.05, 0.1) is 11.8 Å². The van der Waals surface area contributed by atoms with Crippen molar-refractivity contribution in [1.29, 1.82) is 0 Å². The fraction of sp³-hybridized carbons (Fsp3) is 0.208. The lowest BCUT2D eigenvalue weighted by atomic mass is 9.85. The molecule has 3 aromatic carbocycles. The number of hydrogen-bond acceptors (Lipinski definition) is 2. The third-order valence-electron chi connectivity index (χ3n) is 6.30. The topological polar surface area (TPSA) is 29.3 Å².